The lowest BCUT2D eigenvalue weighted by Crippen LogP contribution is -2.00. The van der Waals surface area contributed by atoms with Crippen molar-refractivity contribution < 1.29 is 14.3 Å². The number of carbonyl (C=O) groups excluding carboxylic acids is 1. The molecule has 0 bridgehead atoms. The average molecular weight is 318 g/mol. The Labute approximate surface area is 141 Å². The molecule has 0 amide bonds. The third kappa shape index (κ3) is 3.63. The molecular formula is C21H18O3. The molecule has 3 nitrogen and oxygen atoms in total. The van der Waals surface area contributed by atoms with Gasteiger partial charge in [0.1, 0.15) is 17.2 Å². The van der Waals surface area contributed by atoms with Gasteiger partial charge < -0.3 is 9.47 Å². The maximum absolute atomic E-state index is 12.5. The van der Waals surface area contributed by atoms with Crippen LogP contribution in [-0.2, 0) is 0 Å². The van der Waals surface area contributed by atoms with Crippen LogP contribution in [0.4, 0.5) is 0 Å². The van der Waals surface area contributed by atoms with E-state index in [1.807, 2.05) is 55.5 Å². The van der Waals surface area contributed by atoms with Crippen molar-refractivity contribution in [2.24, 2.45) is 0 Å². The van der Waals surface area contributed by atoms with Gasteiger partial charge in [0.25, 0.3) is 0 Å². The van der Waals surface area contributed by atoms with E-state index in [1.54, 1.807) is 31.4 Å². The molecule has 3 aromatic carbocycles. The van der Waals surface area contributed by atoms with Crippen LogP contribution in [0.25, 0.3) is 0 Å². The Bertz CT molecular complexity index is 834. The summed E-state index contributed by atoms with van der Waals surface area (Å²) in [4.78, 5) is 12.5. The van der Waals surface area contributed by atoms with Crippen molar-refractivity contribution in [3.8, 4) is 17.2 Å². The highest BCUT2D eigenvalue weighted by Gasteiger charge is 2.09. The molecule has 3 aromatic rings. The first-order chi connectivity index (χ1) is 11.7. The lowest BCUT2D eigenvalue weighted by molar-refractivity contribution is 0.103. The minimum atomic E-state index is 0.00271. The van der Waals surface area contributed by atoms with E-state index in [2.05, 4.69) is 0 Å². The number of ether oxygens (including phenoxy) is 2. The molecule has 3 rings (SSSR count). The van der Waals surface area contributed by atoms with E-state index in [4.69, 9.17) is 9.47 Å². The van der Waals surface area contributed by atoms with Gasteiger partial charge in [-0.25, -0.2) is 0 Å². The molecular weight excluding hydrogens is 300 g/mol. The van der Waals surface area contributed by atoms with Crippen LogP contribution in [0.3, 0.4) is 0 Å². The maximum Gasteiger partial charge on any atom is 0.193 e. The van der Waals surface area contributed by atoms with Crippen LogP contribution in [-0.4, -0.2) is 12.9 Å². The Kier molecular flexibility index (Phi) is 4.62. The van der Waals surface area contributed by atoms with Crippen LogP contribution >= 0.6 is 0 Å². The molecule has 24 heavy (non-hydrogen) atoms. The standard InChI is InChI=1S/C21H18O3/c1-15-6-8-16(9-7-15)21(22)17-10-12-18(13-11-17)24-20-5-3-4-19(14-20)23-2/h3-14H,1-2H3. The van der Waals surface area contributed by atoms with Crippen LogP contribution in [0.1, 0.15) is 21.5 Å². The summed E-state index contributed by atoms with van der Waals surface area (Å²) >= 11 is 0. The number of carbonyl (C=O) groups is 1. The van der Waals surface area contributed by atoms with E-state index in [0.29, 0.717) is 22.6 Å². The highest BCUT2D eigenvalue weighted by molar-refractivity contribution is 6.09. The van der Waals surface area contributed by atoms with Crippen molar-refractivity contribution >= 4 is 5.78 Å². The fourth-order valence-corrected chi connectivity index (χ4v) is 2.35. The summed E-state index contributed by atoms with van der Waals surface area (Å²) < 4.78 is 11.0. The second-order valence-corrected chi connectivity index (χ2v) is 5.50. The maximum atomic E-state index is 12.5. The van der Waals surface area contributed by atoms with Gasteiger partial charge in [-0.15, -0.1) is 0 Å². The Morgan fingerprint density at radius 2 is 1.33 bits per heavy atom. The molecule has 0 aliphatic carbocycles. The van der Waals surface area contributed by atoms with Gasteiger partial charge in [0, 0.05) is 17.2 Å². The zero-order valence-corrected chi connectivity index (χ0v) is 13.7. The molecule has 0 saturated carbocycles. The molecule has 0 fully saturated rings. The normalized spacial score (nSPS) is 10.2. The Hall–Kier alpha value is -3.07. The van der Waals surface area contributed by atoms with Crippen molar-refractivity contribution in [3.63, 3.8) is 0 Å². The van der Waals surface area contributed by atoms with Gasteiger partial charge in [-0.05, 0) is 43.3 Å². The number of ketones is 1. The topological polar surface area (TPSA) is 35.5 Å². The van der Waals surface area contributed by atoms with Crippen molar-refractivity contribution in [3.05, 3.63) is 89.5 Å². The first-order valence-corrected chi connectivity index (χ1v) is 7.69. The predicted octanol–water partition coefficient (Wildman–Crippen LogP) is 5.03. The lowest BCUT2D eigenvalue weighted by atomic mass is 10.0. The first kappa shape index (κ1) is 15.8. The summed E-state index contributed by atoms with van der Waals surface area (Å²) in [5.74, 6) is 2.09. The Morgan fingerprint density at radius 1 is 0.750 bits per heavy atom. The molecule has 0 N–H and O–H groups in total. The van der Waals surface area contributed by atoms with Crippen LogP contribution in [0.2, 0.25) is 0 Å². The molecule has 0 saturated heterocycles. The third-order valence-electron chi connectivity index (χ3n) is 3.71. The molecule has 0 unspecified atom stereocenters. The monoisotopic (exact) mass is 318 g/mol. The van der Waals surface area contributed by atoms with Crippen molar-refractivity contribution in [2.45, 2.75) is 6.92 Å². The zero-order chi connectivity index (χ0) is 16.9. The molecule has 0 spiro atoms. The van der Waals surface area contributed by atoms with Crippen LogP contribution in [0, 0.1) is 6.92 Å². The van der Waals surface area contributed by atoms with Gasteiger partial charge in [0.05, 0.1) is 7.11 Å². The van der Waals surface area contributed by atoms with Crippen molar-refractivity contribution in [1.82, 2.24) is 0 Å². The number of methoxy groups -OCH3 is 1. The molecule has 120 valence electrons. The minimum Gasteiger partial charge on any atom is -0.497 e. The number of hydrogen-bond acceptors (Lipinski definition) is 3. The Balaban J connectivity index is 1.75. The molecule has 0 aromatic heterocycles. The largest absolute Gasteiger partial charge is 0.497 e. The predicted molar refractivity (Wildman–Crippen MR) is 94.1 cm³/mol. The highest BCUT2D eigenvalue weighted by atomic mass is 16.5. The summed E-state index contributed by atoms with van der Waals surface area (Å²) in [6, 6.07) is 22.1. The molecule has 0 aliphatic rings. The van der Waals surface area contributed by atoms with Crippen LogP contribution < -0.4 is 9.47 Å². The second kappa shape index (κ2) is 7.01. The lowest BCUT2D eigenvalue weighted by Gasteiger charge is -2.08. The SMILES string of the molecule is COc1cccc(Oc2ccc(C(=O)c3ccc(C)cc3)cc2)c1. The molecule has 0 heterocycles. The second-order valence-electron chi connectivity index (χ2n) is 5.50. The summed E-state index contributed by atoms with van der Waals surface area (Å²) in [5, 5.41) is 0. The summed E-state index contributed by atoms with van der Waals surface area (Å²) in [7, 11) is 1.62. The van der Waals surface area contributed by atoms with Gasteiger partial charge in [-0.2, -0.15) is 0 Å². The van der Waals surface area contributed by atoms with Crippen LogP contribution in [0.15, 0.2) is 72.8 Å². The molecule has 0 aliphatic heterocycles. The number of benzene rings is 3. The fraction of sp³-hybridized carbons (Fsp3) is 0.0952. The van der Waals surface area contributed by atoms with E-state index in [9.17, 15) is 4.79 Å². The number of hydrogen-bond donors (Lipinski definition) is 0. The van der Waals surface area contributed by atoms with Gasteiger partial charge in [-0.1, -0.05) is 35.9 Å². The average Bonchev–Trinajstić information content (AvgIpc) is 2.62. The quantitative estimate of drug-likeness (QED) is 0.619. The molecule has 3 heteroatoms. The van der Waals surface area contributed by atoms with E-state index in [0.717, 1.165) is 11.3 Å². The zero-order valence-electron chi connectivity index (χ0n) is 13.7. The Morgan fingerprint density at radius 3 is 1.96 bits per heavy atom. The van der Waals surface area contributed by atoms with Gasteiger partial charge in [0.2, 0.25) is 0 Å². The van der Waals surface area contributed by atoms with Crippen molar-refractivity contribution in [1.29, 1.82) is 0 Å². The van der Waals surface area contributed by atoms with Crippen molar-refractivity contribution in [2.75, 3.05) is 7.11 Å². The van der Waals surface area contributed by atoms with E-state index >= 15 is 0 Å². The summed E-state index contributed by atoms with van der Waals surface area (Å²) in [6.45, 7) is 2.00. The van der Waals surface area contributed by atoms with E-state index in [1.165, 1.54) is 0 Å². The highest BCUT2D eigenvalue weighted by Crippen LogP contribution is 2.25. The van der Waals surface area contributed by atoms with E-state index in [-0.39, 0.29) is 5.78 Å². The smallest absolute Gasteiger partial charge is 0.193 e. The third-order valence-corrected chi connectivity index (χ3v) is 3.71. The van der Waals surface area contributed by atoms with Gasteiger partial charge in [-0.3, -0.25) is 4.79 Å². The summed E-state index contributed by atoms with van der Waals surface area (Å²) in [6.07, 6.45) is 0. The fourth-order valence-electron chi connectivity index (χ4n) is 2.35. The first-order valence-electron chi connectivity index (χ1n) is 7.69. The number of aryl methyl sites for hydroxylation is 1. The van der Waals surface area contributed by atoms with E-state index < -0.39 is 0 Å². The molecule has 0 radical (unpaired) electrons. The summed E-state index contributed by atoms with van der Waals surface area (Å²) in [5.41, 5.74) is 2.45. The minimum absolute atomic E-state index is 0.00271. The van der Waals surface area contributed by atoms with Gasteiger partial charge in [0.15, 0.2) is 5.78 Å². The van der Waals surface area contributed by atoms with Crippen LogP contribution in [0.5, 0.6) is 17.2 Å². The van der Waals surface area contributed by atoms with Gasteiger partial charge >= 0.3 is 0 Å². The number of rotatable bonds is 5. The molecule has 0 atom stereocenters.